The Hall–Kier alpha value is -2.31. The van der Waals surface area contributed by atoms with E-state index in [1.54, 1.807) is 30.3 Å². The molecule has 0 bridgehead atoms. The smallest absolute Gasteiger partial charge is 0.159 e. The van der Waals surface area contributed by atoms with Gasteiger partial charge in [0, 0.05) is 11.1 Å². The summed E-state index contributed by atoms with van der Waals surface area (Å²) >= 11 is 0. The number of carbonyl (C=O) groups excluding carboxylic acids is 1. The summed E-state index contributed by atoms with van der Waals surface area (Å²) in [5.41, 5.74) is 2.22. The van der Waals surface area contributed by atoms with E-state index in [1.165, 1.54) is 13.2 Å². The highest BCUT2D eigenvalue weighted by Gasteiger charge is 1.98. The minimum Gasteiger partial charge on any atom is -0.466 e. The van der Waals surface area contributed by atoms with Gasteiger partial charge < -0.3 is 9.52 Å². The lowest BCUT2D eigenvalue weighted by Gasteiger charge is -1.94. The first kappa shape index (κ1) is 12.2. The lowest BCUT2D eigenvalue weighted by atomic mass is 10.1. The van der Waals surface area contributed by atoms with Crippen LogP contribution in [0.4, 0.5) is 0 Å². The van der Waals surface area contributed by atoms with Crippen molar-refractivity contribution in [1.29, 1.82) is 0 Å². The molecule has 0 radical (unpaired) electrons. The molecule has 1 aromatic carbocycles. The zero-order chi connectivity index (χ0) is 13.0. The van der Waals surface area contributed by atoms with Crippen LogP contribution >= 0.6 is 0 Å². The molecule has 0 aliphatic rings. The molecule has 0 spiro atoms. The van der Waals surface area contributed by atoms with Gasteiger partial charge in [-0.2, -0.15) is 0 Å². The van der Waals surface area contributed by atoms with Gasteiger partial charge in [0.05, 0.1) is 5.56 Å². The van der Waals surface area contributed by atoms with Crippen LogP contribution in [0.1, 0.15) is 34.2 Å². The third-order valence-electron chi connectivity index (χ3n) is 2.45. The fourth-order valence-electron chi connectivity index (χ4n) is 1.46. The number of hydrogen-bond acceptors (Lipinski definition) is 3. The molecule has 0 atom stereocenters. The van der Waals surface area contributed by atoms with Gasteiger partial charge in [0.15, 0.2) is 5.78 Å². The molecule has 1 aromatic heterocycles. The number of hydrogen-bond donors (Lipinski definition) is 1. The van der Waals surface area contributed by atoms with Crippen molar-refractivity contribution < 1.29 is 14.3 Å². The monoisotopic (exact) mass is 240 g/mol. The van der Waals surface area contributed by atoms with Gasteiger partial charge in [0.1, 0.15) is 18.6 Å². The Balaban J connectivity index is 2.16. The number of aliphatic hydroxyl groups excluding tert-OH is 1. The lowest BCUT2D eigenvalue weighted by molar-refractivity contribution is 0.101. The van der Waals surface area contributed by atoms with Crippen LogP contribution in [-0.2, 0) is 6.61 Å². The molecular weight excluding hydrogens is 228 g/mol. The largest absolute Gasteiger partial charge is 0.466 e. The van der Waals surface area contributed by atoms with Crippen molar-refractivity contribution in [3.63, 3.8) is 0 Å². The molecule has 0 amide bonds. The van der Waals surface area contributed by atoms with Crippen molar-refractivity contribution in [2.45, 2.75) is 13.5 Å². The first-order chi connectivity index (χ1) is 8.69. The molecule has 3 heteroatoms. The van der Waals surface area contributed by atoms with Crippen LogP contribution in [0.15, 0.2) is 41.0 Å². The number of carbonyl (C=O) groups is 1. The van der Waals surface area contributed by atoms with Crippen molar-refractivity contribution in [2.24, 2.45) is 0 Å². The fraction of sp³-hybridized carbons (Fsp3) is 0.133. The minimum atomic E-state index is -0.130. The van der Waals surface area contributed by atoms with Crippen molar-refractivity contribution in [3.05, 3.63) is 59.0 Å². The topological polar surface area (TPSA) is 50.4 Å². The SMILES string of the molecule is CC(=O)c1ccc(C#Cc2coc(CO)c2)cc1. The van der Waals surface area contributed by atoms with Crippen LogP contribution < -0.4 is 0 Å². The summed E-state index contributed by atoms with van der Waals surface area (Å²) in [6.45, 7) is 1.40. The van der Waals surface area contributed by atoms with Crippen molar-refractivity contribution >= 4 is 5.78 Å². The van der Waals surface area contributed by atoms with Crippen LogP contribution in [0.25, 0.3) is 0 Å². The third-order valence-corrected chi connectivity index (χ3v) is 2.45. The number of rotatable bonds is 2. The Morgan fingerprint density at radius 1 is 1.22 bits per heavy atom. The van der Waals surface area contributed by atoms with Gasteiger partial charge in [-0.25, -0.2) is 0 Å². The van der Waals surface area contributed by atoms with Gasteiger partial charge in [-0.05, 0) is 25.1 Å². The van der Waals surface area contributed by atoms with Crippen LogP contribution in [0.2, 0.25) is 0 Å². The second-order valence-corrected chi connectivity index (χ2v) is 3.84. The molecule has 0 unspecified atom stereocenters. The first-order valence-electron chi connectivity index (χ1n) is 5.50. The van der Waals surface area contributed by atoms with Crippen LogP contribution in [0.3, 0.4) is 0 Å². The molecule has 0 aliphatic heterocycles. The second kappa shape index (κ2) is 5.35. The molecule has 3 nitrogen and oxygen atoms in total. The quantitative estimate of drug-likeness (QED) is 0.647. The molecule has 18 heavy (non-hydrogen) atoms. The molecule has 0 saturated carbocycles. The maximum Gasteiger partial charge on any atom is 0.159 e. The molecule has 0 saturated heterocycles. The summed E-state index contributed by atoms with van der Waals surface area (Å²) in [5.74, 6) is 6.42. The van der Waals surface area contributed by atoms with Crippen molar-refractivity contribution in [1.82, 2.24) is 0 Å². The lowest BCUT2D eigenvalue weighted by Crippen LogP contribution is -1.90. The van der Waals surface area contributed by atoms with Gasteiger partial charge in [-0.1, -0.05) is 24.0 Å². The molecule has 2 rings (SSSR count). The summed E-state index contributed by atoms with van der Waals surface area (Å²) in [6.07, 6.45) is 1.50. The standard InChI is InChI=1S/C15H12O3/c1-11(17)14-6-4-12(5-7-14)2-3-13-8-15(9-16)18-10-13/h4-8,10,16H,9H2,1H3. The second-order valence-electron chi connectivity index (χ2n) is 3.84. The summed E-state index contributed by atoms with van der Waals surface area (Å²) in [7, 11) is 0. The Kier molecular flexibility index (Phi) is 3.61. The molecule has 90 valence electrons. The summed E-state index contributed by atoms with van der Waals surface area (Å²) in [5, 5.41) is 8.84. The van der Waals surface area contributed by atoms with Gasteiger partial charge in [0.2, 0.25) is 0 Å². The van der Waals surface area contributed by atoms with Gasteiger partial charge in [-0.15, -0.1) is 0 Å². The molecule has 1 N–H and O–H groups in total. The summed E-state index contributed by atoms with van der Waals surface area (Å²) in [4.78, 5) is 11.1. The first-order valence-corrected chi connectivity index (χ1v) is 5.50. The van der Waals surface area contributed by atoms with E-state index in [9.17, 15) is 4.79 Å². The van der Waals surface area contributed by atoms with Crippen LogP contribution in [0.5, 0.6) is 0 Å². The van der Waals surface area contributed by atoms with E-state index in [0.29, 0.717) is 11.3 Å². The zero-order valence-electron chi connectivity index (χ0n) is 9.93. The predicted molar refractivity (Wildman–Crippen MR) is 67.1 cm³/mol. The number of benzene rings is 1. The Labute approximate surface area is 105 Å². The molecule has 0 fully saturated rings. The van der Waals surface area contributed by atoms with E-state index in [0.717, 1.165) is 11.1 Å². The minimum absolute atomic E-state index is 0.0388. The van der Waals surface area contributed by atoms with E-state index in [4.69, 9.17) is 9.52 Å². The predicted octanol–water partition coefficient (Wildman–Crippen LogP) is 2.37. The average molecular weight is 240 g/mol. The van der Waals surface area contributed by atoms with Gasteiger partial charge in [0.25, 0.3) is 0 Å². The Bertz CT molecular complexity index is 609. The molecule has 1 heterocycles. The van der Waals surface area contributed by atoms with Gasteiger partial charge in [-0.3, -0.25) is 4.79 Å². The third kappa shape index (κ3) is 2.88. The molecule has 2 aromatic rings. The number of furan rings is 1. The van der Waals surface area contributed by atoms with E-state index < -0.39 is 0 Å². The van der Waals surface area contributed by atoms with E-state index in [-0.39, 0.29) is 12.4 Å². The van der Waals surface area contributed by atoms with E-state index in [2.05, 4.69) is 11.8 Å². The van der Waals surface area contributed by atoms with Crippen molar-refractivity contribution in [3.8, 4) is 11.8 Å². The fourth-order valence-corrected chi connectivity index (χ4v) is 1.46. The Morgan fingerprint density at radius 2 is 1.89 bits per heavy atom. The maximum absolute atomic E-state index is 11.1. The van der Waals surface area contributed by atoms with E-state index >= 15 is 0 Å². The van der Waals surface area contributed by atoms with E-state index in [1.807, 2.05) is 0 Å². The highest BCUT2D eigenvalue weighted by Crippen LogP contribution is 2.07. The number of Topliss-reactive ketones (excluding diaryl/α,β-unsaturated/α-hetero) is 1. The maximum atomic E-state index is 11.1. The Morgan fingerprint density at radius 3 is 2.44 bits per heavy atom. The highest BCUT2D eigenvalue weighted by atomic mass is 16.4. The average Bonchev–Trinajstić information content (AvgIpc) is 2.85. The highest BCUT2D eigenvalue weighted by molar-refractivity contribution is 5.94. The number of aliphatic hydroxyl groups is 1. The summed E-state index contributed by atoms with van der Waals surface area (Å²) < 4.78 is 5.06. The van der Waals surface area contributed by atoms with Crippen LogP contribution in [-0.4, -0.2) is 10.9 Å². The molecule has 0 aliphatic carbocycles. The normalized spacial score (nSPS) is 9.67. The number of ketones is 1. The van der Waals surface area contributed by atoms with Crippen LogP contribution in [0, 0.1) is 11.8 Å². The van der Waals surface area contributed by atoms with Gasteiger partial charge >= 0.3 is 0 Å². The zero-order valence-corrected chi connectivity index (χ0v) is 9.93. The molecular formula is C15H12O3. The summed E-state index contributed by atoms with van der Waals surface area (Å²) in [6, 6.07) is 8.80. The van der Waals surface area contributed by atoms with Crippen molar-refractivity contribution in [2.75, 3.05) is 0 Å².